The first-order valence-corrected chi connectivity index (χ1v) is 9.93. The Bertz CT molecular complexity index is 468. The van der Waals surface area contributed by atoms with Gasteiger partial charge in [-0.15, -0.1) is 0 Å². The molecule has 5 heteroatoms. The van der Waals surface area contributed by atoms with Crippen molar-refractivity contribution in [2.75, 3.05) is 26.2 Å². The predicted octanol–water partition coefficient (Wildman–Crippen LogP) is 3.64. The molecule has 0 unspecified atom stereocenters. The number of nitrogens with zero attached hydrogens (tertiary/aromatic N) is 2. The highest BCUT2D eigenvalue weighted by Gasteiger charge is 2.32. The Labute approximate surface area is 153 Å². The highest BCUT2D eigenvalue weighted by atomic mass is 16.2. The molecule has 1 aliphatic carbocycles. The normalized spacial score (nSPS) is 20.5. The van der Waals surface area contributed by atoms with Gasteiger partial charge in [-0.2, -0.15) is 0 Å². The molecule has 25 heavy (non-hydrogen) atoms. The molecule has 0 atom stereocenters. The minimum absolute atomic E-state index is 0.000912. The van der Waals surface area contributed by atoms with Crippen LogP contribution in [0.25, 0.3) is 0 Å². The zero-order valence-electron chi connectivity index (χ0n) is 16.9. The fourth-order valence-corrected chi connectivity index (χ4v) is 4.48. The molecule has 1 aliphatic heterocycles. The van der Waals surface area contributed by atoms with Gasteiger partial charge in [0, 0.05) is 37.6 Å². The Morgan fingerprint density at radius 3 is 1.92 bits per heavy atom. The van der Waals surface area contributed by atoms with Gasteiger partial charge in [-0.3, -0.25) is 4.79 Å². The van der Waals surface area contributed by atoms with Crippen LogP contribution in [0.5, 0.6) is 0 Å². The number of nitrogens with one attached hydrogen (secondary N) is 1. The van der Waals surface area contributed by atoms with E-state index in [1.165, 1.54) is 19.3 Å². The molecule has 0 aromatic heterocycles. The molecular formula is C20H37N3O2. The van der Waals surface area contributed by atoms with Gasteiger partial charge in [-0.1, -0.05) is 40.0 Å². The van der Waals surface area contributed by atoms with E-state index in [0.29, 0.717) is 32.1 Å². The number of hydrogen-bond acceptors (Lipinski definition) is 2. The molecule has 0 aromatic rings. The second-order valence-corrected chi connectivity index (χ2v) is 9.70. The van der Waals surface area contributed by atoms with E-state index in [-0.39, 0.29) is 22.9 Å². The van der Waals surface area contributed by atoms with Crippen LogP contribution in [0, 0.1) is 11.3 Å². The average molecular weight is 352 g/mol. The van der Waals surface area contributed by atoms with Crippen LogP contribution in [0.2, 0.25) is 0 Å². The van der Waals surface area contributed by atoms with E-state index in [1.807, 2.05) is 9.80 Å². The van der Waals surface area contributed by atoms with Crippen LogP contribution in [0.4, 0.5) is 4.79 Å². The number of carbonyl (C=O) groups excluding carboxylic acids is 2. The van der Waals surface area contributed by atoms with Gasteiger partial charge in [-0.25, -0.2) is 4.79 Å². The van der Waals surface area contributed by atoms with Gasteiger partial charge in [0.15, 0.2) is 0 Å². The Hall–Kier alpha value is -1.26. The molecule has 0 radical (unpaired) electrons. The molecule has 5 nitrogen and oxygen atoms in total. The van der Waals surface area contributed by atoms with Crippen LogP contribution < -0.4 is 5.32 Å². The minimum Gasteiger partial charge on any atom is -0.339 e. The first kappa shape index (κ1) is 20.1. The molecular weight excluding hydrogens is 314 g/mol. The molecule has 3 amide bonds. The van der Waals surface area contributed by atoms with Crippen LogP contribution in [0.15, 0.2) is 0 Å². The topological polar surface area (TPSA) is 52.7 Å². The zero-order valence-corrected chi connectivity index (χ0v) is 16.9. The third-order valence-electron chi connectivity index (χ3n) is 5.25. The van der Waals surface area contributed by atoms with Crippen molar-refractivity contribution in [2.24, 2.45) is 11.3 Å². The molecule has 0 aromatic carbocycles. The third-order valence-corrected chi connectivity index (χ3v) is 5.25. The van der Waals surface area contributed by atoms with E-state index < -0.39 is 0 Å². The molecule has 0 spiro atoms. The minimum atomic E-state index is -0.232. The fraction of sp³-hybridized carbons (Fsp3) is 0.900. The van der Waals surface area contributed by atoms with E-state index in [4.69, 9.17) is 0 Å². The molecule has 0 bridgehead atoms. The second-order valence-electron chi connectivity index (χ2n) is 9.70. The Morgan fingerprint density at radius 1 is 0.880 bits per heavy atom. The van der Waals surface area contributed by atoms with Crippen LogP contribution in [0.1, 0.15) is 73.1 Å². The van der Waals surface area contributed by atoms with Gasteiger partial charge in [0.1, 0.15) is 0 Å². The van der Waals surface area contributed by atoms with Crippen molar-refractivity contribution in [1.82, 2.24) is 15.1 Å². The van der Waals surface area contributed by atoms with Crippen molar-refractivity contribution in [1.29, 1.82) is 0 Å². The molecule has 1 heterocycles. The number of urea groups is 1. The number of rotatable bonds is 3. The Morgan fingerprint density at radius 2 is 1.40 bits per heavy atom. The van der Waals surface area contributed by atoms with Crippen LogP contribution in [-0.2, 0) is 4.79 Å². The lowest BCUT2D eigenvalue weighted by molar-refractivity contribution is -0.138. The number of carbonyl (C=O) groups is 2. The lowest BCUT2D eigenvalue weighted by Crippen LogP contribution is -2.57. The largest absolute Gasteiger partial charge is 0.339 e. The summed E-state index contributed by atoms with van der Waals surface area (Å²) in [6.45, 7) is 13.3. The van der Waals surface area contributed by atoms with Crippen molar-refractivity contribution in [2.45, 2.75) is 78.7 Å². The van der Waals surface area contributed by atoms with Crippen LogP contribution in [-0.4, -0.2) is 53.5 Å². The predicted molar refractivity (Wildman–Crippen MR) is 101 cm³/mol. The standard InChI is InChI=1S/C20H37N3O2/c1-19(2,3)15-20(4,5)21-18(25)23-13-11-22(12-14-23)17(24)16-9-7-6-8-10-16/h16H,6-15H2,1-5H3,(H,21,25). The lowest BCUT2D eigenvalue weighted by Gasteiger charge is -2.39. The zero-order chi connectivity index (χ0) is 18.7. The second kappa shape index (κ2) is 7.96. The van der Waals surface area contributed by atoms with Crippen molar-refractivity contribution in [3.8, 4) is 0 Å². The van der Waals surface area contributed by atoms with Crippen molar-refractivity contribution in [3.05, 3.63) is 0 Å². The molecule has 1 saturated carbocycles. The SMILES string of the molecule is CC(C)(C)CC(C)(C)NC(=O)N1CCN(C(=O)C2CCCCC2)CC1. The summed E-state index contributed by atoms with van der Waals surface area (Å²) in [6.07, 6.45) is 6.64. The number of amides is 3. The smallest absolute Gasteiger partial charge is 0.317 e. The molecule has 2 rings (SSSR count). The van der Waals surface area contributed by atoms with Gasteiger partial charge >= 0.3 is 6.03 Å². The number of piperazine rings is 1. The molecule has 144 valence electrons. The average Bonchev–Trinajstić information content (AvgIpc) is 2.52. The molecule has 1 saturated heterocycles. The van der Waals surface area contributed by atoms with Crippen molar-refractivity contribution >= 4 is 11.9 Å². The van der Waals surface area contributed by atoms with Gasteiger partial charge in [0.05, 0.1) is 0 Å². The summed E-state index contributed by atoms with van der Waals surface area (Å²) in [6, 6.07) is -0.000912. The van der Waals surface area contributed by atoms with E-state index in [9.17, 15) is 9.59 Å². The van der Waals surface area contributed by atoms with Gasteiger partial charge < -0.3 is 15.1 Å². The third kappa shape index (κ3) is 6.19. The maximum Gasteiger partial charge on any atom is 0.317 e. The van der Waals surface area contributed by atoms with E-state index in [2.05, 4.69) is 39.9 Å². The maximum absolute atomic E-state index is 12.6. The molecule has 2 aliphatic rings. The summed E-state index contributed by atoms with van der Waals surface area (Å²) >= 11 is 0. The summed E-state index contributed by atoms with van der Waals surface area (Å²) in [5.41, 5.74) is -0.0632. The molecule has 2 fully saturated rings. The molecule has 1 N–H and O–H groups in total. The highest BCUT2D eigenvalue weighted by molar-refractivity contribution is 5.80. The fourth-order valence-electron chi connectivity index (χ4n) is 4.48. The maximum atomic E-state index is 12.6. The van der Waals surface area contributed by atoms with E-state index >= 15 is 0 Å². The summed E-state index contributed by atoms with van der Waals surface area (Å²) < 4.78 is 0. The van der Waals surface area contributed by atoms with Crippen LogP contribution in [0.3, 0.4) is 0 Å². The summed E-state index contributed by atoms with van der Waals surface area (Å²) in [5.74, 6) is 0.535. The first-order valence-electron chi connectivity index (χ1n) is 9.93. The van der Waals surface area contributed by atoms with E-state index in [0.717, 1.165) is 19.3 Å². The van der Waals surface area contributed by atoms with Gasteiger partial charge in [0.25, 0.3) is 0 Å². The van der Waals surface area contributed by atoms with Gasteiger partial charge in [-0.05, 0) is 38.5 Å². The lowest BCUT2D eigenvalue weighted by atomic mass is 9.82. The van der Waals surface area contributed by atoms with Crippen molar-refractivity contribution in [3.63, 3.8) is 0 Å². The highest BCUT2D eigenvalue weighted by Crippen LogP contribution is 2.27. The summed E-state index contributed by atoms with van der Waals surface area (Å²) in [7, 11) is 0. The monoisotopic (exact) mass is 351 g/mol. The Kier molecular flexibility index (Phi) is 6.39. The van der Waals surface area contributed by atoms with Gasteiger partial charge in [0.2, 0.25) is 5.91 Å². The quantitative estimate of drug-likeness (QED) is 0.844. The Balaban J connectivity index is 1.80. The number of hydrogen-bond donors (Lipinski definition) is 1. The summed E-state index contributed by atoms with van der Waals surface area (Å²) in [4.78, 5) is 29.0. The van der Waals surface area contributed by atoms with E-state index in [1.54, 1.807) is 0 Å². The van der Waals surface area contributed by atoms with Crippen molar-refractivity contribution < 1.29 is 9.59 Å². The summed E-state index contributed by atoms with van der Waals surface area (Å²) in [5, 5.41) is 3.17. The van der Waals surface area contributed by atoms with Crippen LogP contribution >= 0.6 is 0 Å². The first-order chi connectivity index (χ1) is 11.6.